The predicted molar refractivity (Wildman–Crippen MR) is 85.2 cm³/mol. The first-order valence-corrected chi connectivity index (χ1v) is 7.49. The number of rotatable bonds is 6. The van der Waals surface area contributed by atoms with E-state index in [-0.39, 0.29) is 6.79 Å². The fraction of sp³-hybridized carbons (Fsp3) is 0.278. The van der Waals surface area contributed by atoms with Crippen LogP contribution < -0.4 is 9.47 Å². The minimum atomic E-state index is 0.281. The van der Waals surface area contributed by atoms with Gasteiger partial charge in [0.05, 0.1) is 5.71 Å². The van der Waals surface area contributed by atoms with Gasteiger partial charge < -0.3 is 14.3 Å². The van der Waals surface area contributed by atoms with Crippen molar-refractivity contribution >= 4 is 5.71 Å². The quantitative estimate of drug-likeness (QED) is 0.594. The van der Waals surface area contributed by atoms with E-state index in [0.29, 0.717) is 6.61 Å². The molecular weight excluding hydrogens is 278 g/mol. The number of fused-ring (bicyclic) bond motifs is 1. The van der Waals surface area contributed by atoms with E-state index in [4.69, 9.17) is 14.3 Å². The lowest BCUT2D eigenvalue weighted by atomic mass is 10.1. The highest BCUT2D eigenvalue weighted by molar-refractivity contribution is 6.00. The van der Waals surface area contributed by atoms with E-state index in [0.717, 1.165) is 41.2 Å². The molecule has 0 bridgehead atoms. The van der Waals surface area contributed by atoms with Gasteiger partial charge in [0, 0.05) is 5.56 Å². The third kappa shape index (κ3) is 3.39. The Labute approximate surface area is 130 Å². The largest absolute Gasteiger partial charge is 0.454 e. The minimum absolute atomic E-state index is 0.281. The summed E-state index contributed by atoms with van der Waals surface area (Å²) >= 11 is 0. The molecule has 0 radical (unpaired) electrons. The molecule has 0 aliphatic carbocycles. The third-order valence-corrected chi connectivity index (χ3v) is 3.44. The van der Waals surface area contributed by atoms with Gasteiger partial charge in [-0.3, -0.25) is 0 Å². The summed E-state index contributed by atoms with van der Waals surface area (Å²) in [7, 11) is 0. The lowest BCUT2D eigenvalue weighted by Gasteiger charge is -2.07. The van der Waals surface area contributed by atoms with Crippen molar-refractivity contribution in [2.45, 2.75) is 26.4 Å². The van der Waals surface area contributed by atoms with E-state index in [2.05, 4.69) is 12.1 Å². The molecule has 0 spiro atoms. The van der Waals surface area contributed by atoms with Crippen LogP contribution in [0.1, 0.15) is 30.9 Å². The van der Waals surface area contributed by atoms with Crippen molar-refractivity contribution in [3.8, 4) is 11.5 Å². The molecule has 0 amide bonds. The monoisotopic (exact) mass is 297 g/mol. The van der Waals surface area contributed by atoms with Gasteiger partial charge in [0.2, 0.25) is 6.79 Å². The van der Waals surface area contributed by atoms with E-state index in [1.807, 2.05) is 48.5 Å². The summed E-state index contributed by atoms with van der Waals surface area (Å²) in [6.45, 7) is 2.88. The van der Waals surface area contributed by atoms with Gasteiger partial charge in [0.15, 0.2) is 11.5 Å². The molecule has 22 heavy (non-hydrogen) atoms. The molecule has 114 valence electrons. The average molecular weight is 297 g/mol. The van der Waals surface area contributed by atoms with Crippen molar-refractivity contribution in [2.75, 3.05) is 6.79 Å². The van der Waals surface area contributed by atoms with E-state index in [1.165, 1.54) is 0 Å². The van der Waals surface area contributed by atoms with E-state index < -0.39 is 0 Å². The zero-order chi connectivity index (χ0) is 15.2. The van der Waals surface area contributed by atoms with Crippen molar-refractivity contribution in [1.29, 1.82) is 0 Å². The van der Waals surface area contributed by atoms with E-state index >= 15 is 0 Å². The predicted octanol–water partition coefficient (Wildman–Crippen LogP) is 4.14. The number of benzene rings is 2. The summed E-state index contributed by atoms with van der Waals surface area (Å²) in [6.07, 6.45) is 1.86. The van der Waals surface area contributed by atoms with Crippen LogP contribution in [0.25, 0.3) is 0 Å². The van der Waals surface area contributed by atoms with Crippen LogP contribution in [-0.4, -0.2) is 12.5 Å². The summed E-state index contributed by atoms with van der Waals surface area (Å²) < 4.78 is 10.8. The van der Waals surface area contributed by atoms with Crippen LogP contribution in [0.2, 0.25) is 0 Å². The molecule has 2 aromatic carbocycles. The van der Waals surface area contributed by atoms with Crippen LogP contribution in [0.3, 0.4) is 0 Å². The highest BCUT2D eigenvalue weighted by Crippen LogP contribution is 2.33. The molecule has 1 aliphatic rings. The number of hydrogen-bond acceptors (Lipinski definition) is 4. The Balaban J connectivity index is 1.73. The van der Waals surface area contributed by atoms with Gasteiger partial charge in [-0.25, -0.2) is 0 Å². The molecule has 3 rings (SSSR count). The Morgan fingerprint density at radius 1 is 1.09 bits per heavy atom. The Bertz CT molecular complexity index is 653. The Morgan fingerprint density at radius 3 is 2.73 bits per heavy atom. The zero-order valence-corrected chi connectivity index (χ0v) is 12.6. The molecule has 0 aromatic heterocycles. The van der Waals surface area contributed by atoms with Crippen LogP contribution in [0.15, 0.2) is 53.7 Å². The summed E-state index contributed by atoms with van der Waals surface area (Å²) in [5, 5.41) is 4.32. The molecule has 4 nitrogen and oxygen atoms in total. The normalized spacial score (nSPS) is 13.2. The molecule has 0 saturated heterocycles. The zero-order valence-electron chi connectivity index (χ0n) is 12.6. The first-order valence-electron chi connectivity index (χ1n) is 7.49. The number of nitrogens with zero attached hydrogens (tertiary/aromatic N) is 1. The fourth-order valence-corrected chi connectivity index (χ4v) is 2.31. The van der Waals surface area contributed by atoms with Crippen molar-refractivity contribution in [3.05, 3.63) is 59.7 Å². The number of oxime groups is 1. The molecule has 0 saturated carbocycles. The molecule has 0 unspecified atom stereocenters. The molecule has 1 heterocycles. The van der Waals surface area contributed by atoms with Crippen LogP contribution >= 0.6 is 0 Å². The maximum atomic E-state index is 5.52. The van der Waals surface area contributed by atoms with Crippen LogP contribution in [-0.2, 0) is 11.4 Å². The van der Waals surface area contributed by atoms with Gasteiger partial charge in [0.25, 0.3) is 0 Å². The lowest BCUT2D eigenvalue weighted by molar-refractivity contribution is 0.130. The SMILES string of the molecule is CCCC(=NOCc1ccccc1)c1ccc2c(c1)OCO2. The van der Waals surface area contributed by atoms with Gasteiger partial charge in [-0.1, -0.05) is 48.8 Å². The first-order chi connectivity index (χ1) is 10.9. The number of ether oxygens (including phenoxy) is 2. The van der Waals surface area contributed by atoms with Crippen LogP contribution in [0.5, 0.6) is 11.5 Å². The van der Waals surface area contributed by atoms with Gasteiger partial charge in [0.1, 0.15) is 6.61 Å². The van der Waals surface area contributed by atoms with Gasteiger partial charge in [-0.05, 0) is 30.2 Å². The van der Waals surface area contributed by atoms with Crippen molar-refractivity contribution in [3.63, 3.8) is 0 Å². The highest BCUT2D eigenvalue weighted by Gasteiger charge is 2.15. The van der Waals surface area contributed by atoms with Crippen molar-refractivity contribution in [1.82, 2.24) is 0 Å². The Morgan fingerprint density at radius 2 is 1.91 bits per heavy atom. The molecule has 2 aromatic rings. The van der Waals surface area contributed by atoms with Crippen LogP contribution in [0.4, 0.5) is 0 Å². The average Bonchev–Trinajstić information content (AvgIpc) is 3.02. The lowest BCUT2D eigenvalue weighted by Crippen LogP contribution is -2.02. The van der Waals surface area contributed by atoms with Crippen LogP contribution in [0, 0.1) is 0 Å². The van der Waals surface area contributed by atoms with E-state index in [1.54, 1.807) is 0 Å². The van der Waals surface area contributed by atoms with Crippen molar-refractivity contribution < 1.29 is 14.3 Å². The first kappa shape index (κ1) is 14.4. The second kappa shape index (κ2) is 6.98. The fourth-order valence-electron chi connectivity index (χ4n) is 2.31. The second-order valence-corrected chi connectivity index (χ2v) is 5.12. The standard InChI is InChI=1S/C18H19NO3/c1-2-6-16(19-22-12-14-7-4-3-5-8-14)15-9-10-17-18(11-15)21-13-20-17/h3-5,7-11H,2,6,12-13H2,1H3. The summed E-state index contributed by atoms with van der Waals surface area (Å²) in [5.41, 5.74) is 3.05. The smallest absolute Gasteiger partial charge is 0.231 e. The topological polar surface area (TPSA) is 40.0 Å². The maximum Gasteiger partial charge on any atom is 0.231 e. The molecular formula is C18H19NO3. The number of hydrogen-bond donors (Lipinski definition) is 0. The molecule has 0 atom stereocenters. The summed E-state index contributed by atoms with van der Waals surface area (Å²) in [5.74, 6) is 1.55. The summed E-state index contributed by atoms with van der Waals surface area (Å²) in [4.78, 5) is 5.52. The minimum Gasteiger partial charge on any atom is -0.454 e. The second-order valence-electron chi connectivity index (χ2n) is 5.12. The van der Waals surface area contributed by atoms with Gasteiger partial charge in [-0.2, -0.15) is 0 Å². The van der Waals surface area contributed by atoms with Gasteiger partial charge in [-0.15, -0.1) is 0 Å². The molecule has 0 fully saturated rings. The van der Waals surface area contributed by atoms with Crippen molar-refractivity contribution in [2.24, 2.45) is 5.16 Å². The molecule has 0 N–H and O–H groups in total. The highest BCUT2D eigenvalue weighted by atomic mass is 16.7. The molecule has 4 heteroatoms. The van der Waals surface area contributed by atoms with E-state index in [9.17, 15) is 0 Å². The molecule has 1 aliphatic heterocycles. The Kier molecular flexibility index (Phi) is 4.59. The summed E-state index contributed by atoms with van der Waals surface area (Å²) in [6, 6.07) is 15.9. The Hall–Kier alpha value is -2.49. The maximum absolute atomic E-state index is 5.52. The van der Waals surface area contributed by atoms with Gasteiger partial charge >= 0.3 is 0 Å². The third-order valence-electron chi connectivity index (χ3n) is 3.44.